The van der Waals surface area contributed by atoms with Crippen LogP contribution in [0.5, 0.6) is 5.88 Å². The molecule has 6 nitrogen and oxygen atoms in total. The number of hydrogen-bond donors (Lipinski definition) is 0. The van der Waals surface area contributed by atoms with Crippen LogP contribution in [0.15, 0.2) is 48.0 Å². The van der Waals surface area contributed by atoms with E-state index in [-0.39, 0.29) is 0 Å². The van der Waals surface area contributed by atoms with Crippen LogP contribution in [-0.4, -0.2) is 53.1 Å². The molecule has 0 radical (unpaired) electrons. The van der Waals surface area contributed by atoms with E-state index in [0.717, 1.165) is 49.4 Å². The highest BCUT2D eigenvalue weighted by Gasteiger charge is 2.20. The average Bonchev–Trinajstić information content (AvgIpc) is 3.18. The Morgan fingerprint density at radius 3 is 2.62 bits per heavy atom. The van der Waals surface area contributed by atoms with Crippen LogP contribution in [0.2, 0.25) is 0 Å². The first-order valence-electron chi connectivity index (χ1n) is 8.66. The number of hydrogen-bond acceptors (Lipinski definition) is 7. The van der Waals surface area contributed by atoms with Gasteiger partial charge in [0.2, 0.25) is 11.8 Å². The van der Waals surface area contributed by atoms with Gasteiger partial charge >= 0.3 is 0 Å². The molecular weight excluding hydrogens is 346 g/mol. The third-order valence-corrected chi connectivity index (χ3v) is 5.38. The van der Waals surface area contributed by atoms with Crippen LogP contribution < -0.4 is 9.64 Å². The minimum Gasteiger partial charge on any atom is -0.481 e. The summed E-state index contributed by atoms with van der Waals surface area (Å²) in [6.07, 6.45) is 1.74. The van der Waals surface area contributed by atoms with Crippen molar-refractivity contribution in [2.24, 2.45) is 0 Å². The molecule has 1 aliphatic heterocycles. The molecule has 1 aliphatic rings. The standard InChI is InChI=1S/C19H21N5OS/c1-25-17-7-8-20-19(22-17)24-11-9-23(10-12-24)13-16-14-26-18(21-16)15-5-3-2-4-6-15/h2-8,14H,9-13H2,1H3. The van der Waals surface area contributed by atoms with Crippen LogP contribution in [0, 0.1) is 0 Å². The van der Waals surface area contributed by atoms with E-state index in [1.165, 1.54) is 5.56 Å². The van der Waals surface area contributed by atoms with Gasteiger partial charge in [-0.2, -0.15) is 4.98 Å². The van der Waals surface area contributed by atoms with Crippen molar-refractivity contribution in [2.45, 2.75) is 6.54 Å². The van der Waals surface area contributed by atoms with E-state index in [0.29, 0.717) is 5.88 Å². The number of piperazine rings is 1. The van der Waals surface area contributed by atoms with Gasteiger partial charge in [-0.1, -0.05) is 30.3 Å². The molecule has 1 fully saturated rings. The topological polar surface area (TPSA) is 54.4 Å². The molecule has 0 amide bonds. The molecule has 0 atom stereocenters. The predicted octanol–water partition coefficient (Wildman–Crippen LogP) is 2.93. The highest BCUT2D eigenvalue weighted by Crippen LogP contribution is 2.24. The smallest absolute Gasteiger partial charge is 0.228 e. The van der Waals surface area contributed by atoms with Gasteiger partial charge in [0, 0.05) is 55.9 Å². The molecule has 0 unspecified atom stereocenters. The Morgan fingerprint density at radius 2 is 1.85 bits per heavy atom. The molecule has 3 aromatic rings. The zero-order valence-corrected chi connectivity index (χ0v) is 15.5. The van der Waals surface area contributed by atoms with E-state index >= 15 is 0 Å². The van der Waals surface area contributed by atoms with Gasteiger partial charge in [-0.25, -0.2) is 9.97 Å². The molecular formula is C19H21N5OS. The summed E-state index contributed by atoms with van der Waals surface area (Å²) < 4.78 is 5.19. The summed E-state index contributed by atoms with van der Waals surface area (Å²) in [5.74, 6) is 1.34. The van der Waals surface area contributed by atoms with Crippen molar-refractivity contribution in [3.8, 4) is 16.5 Å². The monoisotopic (exact) mass is 367 g/mol. The SMILES string of the molecule is COc1ccnc(N2CCN(Cc3csc(-c4ccccc4)n3)CC2)n1. The van der Waals surface area contributed by atoms with Crippen LogP contribution in [0.1, 0.15) is 5.69 Å². The van der Waals surface area contributed by atoms with Crippen LogP contribution in [0.4, 0.5) is 5.95 Å². The van der Waals surface area contributed by atoms with Crippen LogP contribution in [-0.2, 0) is 6.54 Å². The van der Waals surface area contributed by atoms with E-state index in [4.69, 9.17) is 9.72 Å². The van der Waals surface area contributed by atoms with Crippen molar-refractivity contribution in [1.82, 2.24) is 19.9 Å². The molecule has 134 valence electrons. The fourth-order valence-electron chi connectivity index (χ4n) is 3.03. The van der Waals surface area contributed by atoms with Gasteiger partial charge in [0.15, 0.2) is 0 Å². The molecule has 7 heteroatoms. The normalized spacial score (nSPS) is 15.2. The molecule has 0 N–H and O–H groups in total. The van der Waals surface area contributed by atoms with Gasteiger partial charge in [0.05, 0.1) is 12.8 Å². The maximum absolute atomic E-state index is 5.19. The number of benzene rings is 1. The number of rotatable bonds is 5. The minimum atomic E-state index is 0.605. The first-order valence-corrected chi connectivity index (χ1v) is 9.54. The lowest BCUT2D eigenvalue weighted by atomic mass is 10.2. The number of anilines is 1. The van der Waals surface area contributed by atoms with Gasteiger partial charge in [0.25, 0.3) is 0 Å². The number of methoxy groups -OCH3 is 1. The lowest BCUT2D eigenvalue weighted by Crippen LogP contribution is -2.46. The molecule has 1 aromatic carbocycles. The Bertz CT molecular complexity index is 846. The first-order chi connectivity index (χ1) is 12.8. The van der Waals surface area contributed by atoms with Crippen LogP contribution >= 0.6 is 11.3 Å². The van der Waals surface area contributed by atoms with Crippen LogP contribution in [0.25, 0.3) is 10.6 Å². The summed E-state index contributed by atoms with van der Waals surface area (Å²) in [6.45, 7) is 4.64. The molecule has 2 aromatic heterocycles. The van der Waals surface area contributed by atoms with Gasteiger partial charge in [-0.05, 0) is 0 Å². The maximum atomic E-state index is 5.19. The van der Waals surface area contributed by atoms with E-state index in [9.17, 15) is 0 Å². The van der Waals surface area contributed by atoms with Crippen molar-refractivity contribution < 1.29 is 4.74 Å². The van der Waals surface area contributed by atoms with Crippen molar-refractivity contribution in [1.29, 1.82) is 0 Å². The van der Waals surface area contributed by atoms with E-state index in [1.807, 2.05) is 6.07 Å². The molecule has 0 aliphatic carbocycles. The number of nitrogens with zero attached hydrogens (tertiary/aromatic N) is 5. The van der Waals surface area contributed by atoms with Crippen molar-refractivity contribution in [3.63, 3.8) is 0 Å². The predicted molar refractivity (Wildman–Crippen MR) is 104 cm³/mol. The second kappa shape index (κ2) is 7.80. The second-order valence-corrected chi connectivity index (χ2v) is 7.03. The molecule has 1 saturated heterocycles. The van der Waals surface area contributed by atoms with Gasteiger partial charge < -0.3 is 9.64 Å². The molecule has 3 heterocycles. The Labute approximate surface area is 157 Å². The highest BCUT2D eigenvalue weighted by atomic mass is 32.1. The summed E-state index contributed by atoms with van der Waals surface area (Å²) in [5, 5.41) is 3.25. The van der Waals surface area contributed by atoms with Gasteiger partial charge in [0.1, 0.15) is 5.01 Å². The minimum absolute atomic E-state index is 0.605. The second-order valence-electron chi connectivity index (χ2n) is 6.17. The van der Waals surface area contributed by atoms with Gasteiger partial charge in [-0.3, -0.25) is 4.90 Å². The fourth-order valence-corrected chi connectivity index (χ4v) is 3.84. The zero-order valence-electron chi connectivity index (χ0n) is 14.7. The Morgan fingerprint density at radius 1 is 1.04 bits per heavy atom. The largest absolute Gasteiger partial charge is 0.481 e. The van der Waals surface area contributed by atoms with Crippen LogP contribution in [0.3, 0.4) is 0 Å². The maximum Gasteiger partial charge on any atom is 0.228 e. The molecule has 0 spiro atoms. The first kappa shape index (κ1) is 16.9. The molecule has 0 bridgehead atoms. The van der Waals surface area contributed by atoms with Crippen molar-refractivity contribution in [3.05, 3.63) is 53.7 Å². The van der Waals surface area contributed by atoms with Crippen molar-refractivity contribution >= 4 is 17.3 Å². The number of aromatic nitrogens is 3. The zero-order chi connectivity index (χ0) is 17.8. The summed E-state index contributed by atoms with van der Waals surface area (Å²) >= 11 is 1.71. The molecule has 26 heavy (non-hydrogen) atoms. The Balaban J connectivity index is 1.35. The molecule has 4 rings (SSSR count). The third-order valence-electron chi connectivity index (χ3n) is 4.44. The third kappa shape index (κ3) is 3.84. The fraction of sp³-hybridized carbons (Fsp3) is 0.316. The highest BCUT2D eigenvalue weighted by molar-refractivity contribution is 7.13. The van der Waals surface area contributed by atoms with E-state index in [1.54, 1.807) is 30.7 Å². The number of ether oxygens (including phenoxy) is 1. The average molecular weight is 367 g/mol. The Kier molecular flexibility index (Phi) is 5.08. The summed E-state index contributed by atoms with van der Waals surface area (Å²) in [4.78, 5) is 18.2. The lowest BCUT2D eigenvalue weighted by Gasteiger charge is -2.34. The molecule has 0 saturated carbocycles. The number of thiazole rings is 1. The van der Waals surface area contributed by atoms with E-state index < -0.39 is 0 Å². The summed E-state index contributed by atoms with van der Waals surface area (Å²) in [6, 6.07) is 12.1. The lowest BCUT2D eigenvalue weighted by molar-refractivity contribution is 0.246. The quantitative estimate of drug-likeness (QED) is 0.691. The van der Waals surface area contributed by atoms with Crippen molar-refractivity contribution in [2.75, 3.05) is 38.2 Å². The van der Waals surface area contributed by atoms with Gasteiger partial charge in [-0.15, -0.1) is 11.3 Å². The Hall–Kier alpha value is -2.51. The van der Waals surface area contributed by atoms with E-state index in [2.05, 4.69) is 49.4 Å². The summed E-state index contributed by atoms with van der Waals surface area (Å²) in [7, 11) is 1.63. The summed E-state index contributed by atoms with van der Waals surface area (Å²) in [5.41, 5.74) is 2.32.